The van der Waals surface area contributed by atoms with Crippen molar-refractivity contribution in [2.75, 3.05) is 11.5 Å². The maximum atomic E-state index is 11.6. The predicted molar refractivity (Wildman–Crippen MR) is 54.5 cm³/mol. The first kappa shape index (κ1) is 10.1. The van der Waals surface area contributed by atoms with Gasteiger partial charge in [0.1, 0.15) is 5.78 Å². The topological polar surface area (TPSA) is 17.1 Å². The van der Waals surface area contributed by atoms with E-state index in [2.05, 4.69) is 20.8 Å². The van der Waals surface area contributed by atoms with Crippen molar-refractivity contribution < 1.29 is 4.79 Å². The van der Waals surface area contributed by atoms with Crippen molar-refractivity contribution in [2.24, 2.45) is 11.3 Å². The lowest BCUT2D eigenvalue weighted by Crippen LogP contribution is -2.20. The highest BCUT2D eigenvalue weighted by molar-refractivity contribution is 7.99. The third-order valence-electron chi connectivity index (χ3n) is 2.09. The minimum Gasteiger partial charge on any atom is -0.299 e. The molecule has 0 spiro atoms. The van der Waals surface area contributed by atoms with Crippen molar-refractivity contribution in [3.63, 3.8) is 0 Å². The van der Waals surface area contributed by atoms with Gasteiger partial charge in [-0.3, -0.25) is 4.79 Å². The number of hydrogen-bond acceptors (Lipinski definition) is 2. The van der Waals surface area contributed by atoms with E-state index in [1.54, 1.807) is 0 Å². The Balaban J connectivity index is 2.37. The Morgan fingerprint density at radius 2 is 2.17 bits per heavy atom. The van der Waals surface area contributed by atoms with E-state index in [1.807, 2.05) is 11.8 Å². The van der Waals surface area contributed by atoms with Crippen LogP contribution in [0.5, 0.6) is 0 Å². The van der Waals surface area contributed by atoms with E-state index >= 15 is 0 Å². The fraction of sp³-hybridized carbons (Fsp3) is 0.900. The van der Waals surface area contributed by atoms with Crippen LogP contribution in [-0.4, -0.2) is 17.3 Å². The van der Waals surface area contributed by atoms with Crippen LogP contribution < -0.4 is 0 Å². The summed E-state index contributed by atoms with van der Waals surface area (Å²) in [5.41, 5.74) is 0.171. The zero-order valence-corrected chi connectivity index (χ0v) is 9.04. The van der Waals surface area contributed by atoms with E-state index in [9.17, 15) is 4.79 Å². The standard InChI is InChI=1S/C10H18OS/c1-10(2,3)6-9(11)8-4-5-12-7-8/h8H,4-7H2,1-3H3. The van der Waals surface area contributed by atoms with Gasteiger partial charge in [-0.05, 0) is 17.6 Å². The molecule has 1 saturated heterocycles. The van der Waals surface area contributed by atoms with E-state index in [-0.39, 0.29) is 5.41 Å². The lowest BCUT2D eigenvalue weighted by atomic mass is 9.85. The smallest absolute Gasteiger partial charge is 0.137 e. The largest absolute Gasteiger partial charge is 0.299 e. The zero-order valence-electron chi connectivity index (χ0n) is 8.22. The molecule has 2 heteroatoms. The monoisotopic (exact) mass is 186 g/mol. The number of Topliss-reactive ketones (excluding diaryl/α,β-unsaturated/α-hetero) is 1. The Morgan fingerprint density at radius 3 is 2.58 bits per heavy atom. The molecule has 0 aromatic heterocycles. The number of hydrogen-bond donors (Lipinski definition) is 0. The van der Waals surface area contributed by atoms with E-state index in [0.717, 1.165) is 18.6 Å². The zero-order chi connectivity index (χ0) is 9.19. The number of carbonyl (C=O) groups is 1. The van der Waals surface area contributed by atoms with Gasteiger partial charge in [0.2, 0.25) is 0 Å². The summed E-state index contributed by atoms with van der Waals surface area (Å²) in [5.74, 6) is 3.09. The molecular formula is C10H18OS. The van der Waals surface area contributed by atoms with Gasteiger partial charge in [-0.1, -0.05) is 20.8 Å². The van der Waals surface area contributed by atoms with Gasteiger partial charge in [0.15, 0.2) is 0 Å². The van der Waals surface area contributed by atoms with Gasteiger partial charge < -0.3 is 0 Å². The molecule has 0 bridgehead atoms. The van der Waals surface area contributed by atoms with Crippen LogP contribution in [-0.2, 0) is 4.79 Å². The third kappa shape index (κ3) is 3.18. The van der Waals surface area contributed by atoms with Crippen molar-refractivity contribution in [1.29, 1.82) is 0 Å². The molecule has 0 aromatic rings. The summed E-state index contributed by atoms with van der Waals surface area (Å²) < 4.78 is 0. The van der Waals surface area contributed by atoms with Gasteiger partial charge in [0.05, 0.1) is 0 Å². The number of rotatable bonds is 2. The van der Waals surface area contributed by atoms with Crippen molar-refractivity contribution in [1.82, 2.24) is 0 Å². The van der Waals surface area contributed by atoms with Crippen LogP contribution in [0.3, 0.4) is 0 Å². The summed E-state index contributed by atoms with van der Waals surface area (Å²) in [7, 11) is 0. The van der Waals surface area contributed by atoms with Gasteiger partial charge in [-0.15, -0.1) is 0 Å². The molecule has 1 atom stereocenters. The van der Waals surface area contributed by atoms with Crippen LogP contribution in [0.25, 0.3) is 0 Å². The van der Waals surface area contributed by atoms with E-state index in [1.165, 1.54) is 5.75 Å². The molecule has 1 rings (SSSR count). The highest BCUT2D eigenvalue weighted by atomic mass is 32.2. The second kappa shape index (κ2) is 3.82. The van der Waals surface area contributed by atoms with Gasteiger partial charge in [0.25, 0.3) is 0 Å². The maximum absolute atomic E-state index is 11.6. The fourth-order valence-electron chi connectivity index (χ4n) is 1.46. The van der Waals surface area contributed by atoms with Crippen LogP contribution in [0, 0.1) is 11.3 Å². The van der Waals surface area contributed by atoms with Crippen LogP contribution in [0.2, 0.25) is 0 Å². The Morgan fingerprint density at radius 1 is 1.50 bits per heavy atom. The maximum Gasteiger partial charge on any atom is 0.137 e. The lowest BCUT2D eigenvalue weighted by Gasteiger charge is -2.18. The Hall–Kier alpha value is 0.0200. The first-order chi connectivity index (χ1) is 5.49. The van der Waals surface area contributed by atoms with Crippen LogP contribution in [0.4, 0.5) is 0 Å². The number of ketones is 1. The summed E-state index contributed by atoms with van der Waals surface area (Å²) >= 11 is 1.92. The average Bonchev–Trinajstić information content (AvgIpc) is 2.32. The molecule has 1 aliphatic heterocycles. The van der Waals surface area contributed by atoms with Crippen molar-refractivity contribution >= 4 is 17.5 Å². The van der Waals surface area contributed by atoms with Crippen molar-refractivity contribution in [3.8, 4) is 0 Å². The molecular weight excluding hydrogens is 168 g/mol. The molecule has 1 fully saturated rings. The molecule has 0 aromatic carbocycles. The molecule has 0 aliphatic carbocycles. The minimum absolute atomic E-state index is 0.171. The normalized spacial score (nSPS) is 24.4. The second-order valence-corrected chi connectivity index (χ2v) is 5.91. The molecule has 1 unspecified atom stereocenters. The Kier molecular flexibility index (Phi) is 3.22. The van der Waals surface area contributed by atoms with Gasteiger partial charge >= 0.3 is 0 Å². The van der Waals surface area contributed by atoms with Gasteiger partial charge in [-0.2, -0.15) is 11.8 Å². The number of thioether (sulfide) groups is 1. The average molecular weight is 186 g/mol. The molecule has 1 heterocycles. The predicted octanol–water partition coefficient (Wildman–Crippen LogP) is 2.74. The minimum atomic E-state index is 0.171. The molecule has 12 heavy (non-hydrogen) atoms. The fourth-order valence-corrected chi connectivity index (χ4v) is 2.71. The first-order valence-electron chi connectivity index (χ1n) is 4.59. The molecule has 0 amide bonds. The quantitative estimate of drug-likeness (QED) is 0.659. The van der Waals surface area contributed by atoms with Crippen molar-refractivity contribution in [2.45, 2.75) is 33.6 Å². The Labute approximate surface area is 79.3 Å². The van der Waals surface area contributed by atoms with Crippen molar-refractivity contribution in [3.05, 3.63) is 0 Å². The molecule has 1 nitrogen and oxygen atoms in total. The molecule has 70 valence electrons. The lowest BCUT2D eigenvalue weighted by molar-refractivity contribution is -0.123. The highest BCUT2D eigenvalue weighted by Crippen LogP contribution is 2.29. The van der Waals surface area contributed by atoms with E-state index in [0.29, 0.717) is 11.7 Å². The number of carbonyl (C=O) groups excluding carboxylic acids is 1. The molecule has 0 saturated carbocycles. The third-order valence-corrected chi connectivity index (χ3v) is 3.25. The van der Waals surface area contributed by atoms with Gasteiger partial charge in [0, 0.05) is 18.1 Å². The molecule has 0 radical (unpaired) electrons. The summed E-state index contributed by atoms with van der Waals surface area (Å²) in [6.07, 6.45) is 1.86. The SMILES string of the molecule is CC(C)(C)CC(=O)C1CCSC1. The molecule has 0 N–H and O–H groups in total. The highest BCUT2D eigenvalue weighted by Gasteiger charge is 2.26. The van der Waals surface area contributed by atoms with E-state index in [4.69, 9.17) is 0 Å². The first-order valence-corrected chi connectivity index (χ1v) is 5.75. The van der Waals surface area contributed by atoms with Crippen LogP contribution in [0.1, 0.15) is 33.6 Å². The van der Waals surface area contributed by atoms with E-state index < -0.39 is 0 Å². The second-order valence-electron chi connectivity index (χ2n) is 4.76. The summed E-state index contributed by atoms with van der Waals surface area (Å²) in [6, 6.07) is 0. The molecule has 1 aliphatic rings. The Bertz CT molecular complexity index is 163. The van der Waals surface area contributed by atoms with Crippen LogP contribution in [0.15, 0.2) is 0 Å². The summed E-state index contributed by atoms with van der Waals surface area (Å²) in [4.78, 5) is 11.6. The van der Waals surface area contributed by atoms with Crippen LogP contribution >= 0.6 is 11.8 Å². The summed E-state index contributed by atoms with van der Waals surface area (Å²) in [6.45, 7) is 6.40. The summed E-state index contributed by atoms with van der Waals surface area (Å²) in [5, 5.41) is 0. The van der Waals surface area contributed by atoms with Gasteiger partial charge in [-0.25, -0.2) is 0 Å².